The van der Waals surface area contributed by atoms with Crippen LogP contribution < -0.4 is 11.2 Å². The SMILES string of the molecule is CCn1c(=O)c2c(C)c(-c3nccs3)sc2n(C)c1=O. The van der Waals surface area contributed by atoms with Crippen molar-refractivity contribution in [2.24, 2.45) is 7.05 Å². The first kappa shape index (κ1) is 13.3. The first-order valence-electron chi connectivity index (χ1n) is 6.19. The molecule has 0 saturated carbocycles. The molecule has 3 rings (SSSR count). The monoisotopic (exact) mass is 307 g/mol. The summed E-state index contributed by atoms with van der Waals surface area (Å²) >= 11 is 2.99. The topological polar surface area (TPSA) is 56.9 Å². The van der Waals surface area contributed by atoms with Crippen LogP contribution in [0.25, 0.3) is 20.1 Å². The van der Waals surface area contributed by atoms with Crippen LogP contribution in [0.2, 0.25) is 0 Å². The Balaban J connectivity index is 2.50. The first-order valence-corrected chi connectivity index (χ1v) is 7.88. The molecule has 5 nitrogen and oxygen atoms in total. The van der Waals surface area contributed by atoms with E-state index in [9.17, 15) is 9.59 Å². The van der Waals surface area contributed by atoms with E-state index in [4.69, 9.17) is 0 Å². The molecule has 0 amide bonds. The molecule has 3 heterocycles. The van der Waals surface area contributed by atoms with E-state index in [2.05, 4.69) is 4.98 Å². The zero-order chi connectivity index (χ0) is 14.4. The Kier molecular flexibility index (Phi) is 3.10. The zero-order valence-electron chi connectivity index (χ0n) is 11.3. The predicted molar refractivity (Wildman–Crippen MR) is 82.8 cm³/mol. The van der Waals surface area contributed by atoms with Crippen LogP contribution in [0.5, 0.6) is 0 Å². The second-order valence-electron chi connectivity index (χ2n) is 4.46. The van der Waals surface area contributed by atoms with Crippen molar-refractivity contribution in [3.05, 3.63) is 38.0 Å². The summed E-state index contributed by atoms with van der Waals surface area (Å²) in [5.41, 5.74) is 0.432. The number of rotatable bonds is 2. The summed E-state index contributed by atoms with van der Waals surface area (Å²) in [6.07, 6.45) is 1.74. The highest BCUT2D eigenvalue weighted by molar-refractivity contribution is 7.25. The molecule has 0 aliphatic heterocycles. The van der Waals surface area contributed by atoms with Crippen molar-refractivity contribution in [1.82, 2.24) is 14.1 Å². The van der Waals surface area contributed by atoms with Crippen molar-refractivity contribution in [1.29, 1.82) is 0 Å². The lowest BCUT2D eigenvalue weighted by Crippen LogP contribution is -2.38. The Bertz CT molecular complexity index is 900. The minimum absolute atomic E-state index is 0.206. The van der Waals surface area contributed by atoms with E-state index >= 15 is 0 Å². The van der Waals surface area contributed by atoms with Crippen molar-refractivity contribution in [2.45, 2.75) is 20.4 Å². The molecule has 0 bridgehead atoms. The molecule has 0 atom stereocenters. The van der Waals surface area contributed by atoms with Gasteiger partial charge in [-0.3, -0.25) is 13.9 Å². The highest BCUT2D eigenvalue weighted by Gasteiger charge is 2.19. The summed E-state index contributed by atoms with van der Waals surface area (Å²) in [4.78, 5) is 30.6. The van der Waals surface area contributed by atoms with Gasteiger partial charge in [0.25, 0.3) is 5.56 Å². The van der Waals surface area contributed by atoms with Gasteiger partial charge >= 0.3 is 5.69 Å². The number of hydrogen-bond donors (Lipinski definition) is 0. The third-order valence-electron chi connectivity index (χ3n) is 3.35. The summed E-state index contributed by atoms with van der Waals surface area (Å²) in [5.74, 6) is 0. The van der Waals surface area contributed by atoms with Gasteiger partial charge in [0.15, 0.2) is 0 Å². The fraction of sp³-hybridized carbons (Fsp3) is 0.308. The van der Waals surface area contributed by atoms with Crippen LogP contribution in [0.4, 0.5) is 0 Å². The molecule has 3 aromatic rings. The highest BCUT2D eigenvalue weighted by Crippen LogP contribution is 2.36. The van der Waals surface area contributed by atoms with E-state index < -0.39 is 0 Å². The van der Waals surface area contributed by atoms with Gasteiger partial charge in [-0.05, 0) is 19.4 Å². The Morgan fingerprint density at radius 1 is 1.35 bits per heavy atom. The van der Waals surface area contributed by atoms with Gasteiger partial charge in [-0.15, -0.1) is 22.7 Å². The van der Waals surface area contributed by atoms with E-state index in [1.807, 2.05) is 12.3 Å². The van der Waals surface area contributed by atoms with Gasteiger partial charge in [-0.2, -0.15) is 0 Å². The number of thiazole rings is 1. The van der Waals surface area contributed by atoms with Gasteiger partial charge in [0.2, 0.25) is 0 Å². The number of fused-ring (bicyclic) bond motifs is 1. The number of thiophene rings is 1. The molecule has 7 heteroatoms. The molecular weight excluding hydrogens is 294 g/mol. The minimum Gasteiger partial charge on any atom is -0.287 e. The smallest absolute Gasteiger partial charge is 0.287 e. The van der Waals surface area contributed by atoms with E-state index in [0.717, 1.165) is 15.4 Å². The summed E-state index contributed by atoms with van der Waals surface area (Å²) in [6.45, 7) is 4.10. The zero-order valence-corrected chi connectivity index (χ0v) is 13.0. The Labute approximate surface area is 122 Å². The maximum Gasteiger partial charge on any atom is 0.331 e. The molecule has 0 unspecified atom stereocenters. The van der Waals surface area contributed by atoms with Gasteiger partial charge in [0, 0.05) is 25.2 Å². The van der Waals surface area contributed by atoms with Gasteiger partial charge in [-0.1, -0.05) is 0 Å². The number of hydrogen-bond acceptors (Lipinski definition) is 5. The Hall–Kier alpha value is -1.73. The fourth-order valence-corrected chi connectivity index (χ4v) is 4.34. The molecule has 0 fully saturated rings. The lowest BCUT2D eigenvalue weighted by Gasteiger charge is -2.05. The van der Waals surface area contributed by atoms with Gasteiger partial charge in [0.1, 0.15) is 9.84 Å². The molecule has 0 saturated heterocycles. The van der Waals surface area contributed by atoms with E-state index in [1.54, 1.807) is 24.7 Å². The van der Waals surface area contributed by atoms with Crippen LogP contribution in [0.1, 0.15) is 12.5 Å². The van der Waals surface area contributed by atoms with Crippen molar-refractivity contribution in [2.75, 3.05) is 0 Å². The average molecular weight is 307 g/mol. The highest BCUT2D eigenvalue weighted by atomic mass is 32.1. The van der Waals surface area contributed by atoms with Crippen LogP contribution in [-0.4, -0.2) is 14.1 Å². The maximum absolute atomic E-state index is 12.5. The molecule has 104 valence electrons. The van der Waals surface area contributed by atoms with Crippen molar-refractivity contribution in [3.8, 4) is 9.88 Å². The summed E-state index contributed by atoms with van der Waals surface area (Å²) in [7, 11) is 1.71. The number of aryl methyl sites for hydroxylation is 2. The van der Waals surface area contributed by atoms with E-state index in [1.165, 1.54) is 27.2 Å². The van der Waals surface area contributed by atoms with Crippen molar-refractivity contribution in [3.63, 3.8) is 0 Å². The second-order valence-corrected chi connectivity index (χ2v) is 6.36. The molecule has 0 aliphatic carbocycles. The number of nitrogens with zero attached hydrogens (tertiary/aromatic N) is 3. The van der Waals surface area contributed by atoms with Gasteiger partial charge in [0.05, 0.1) is 10.3 Å². The molecule has 0 radical (unpaired) electrons. The predicted octanol–water partition coefficient (Wildman–Crippen LogP) is 2.21. The van der Waals surface area contributed by atoms with Crippen molar-refractivity contribution >= 4 is 32.9 Å². The molecule has 0 spiro atoms. The van der Waals surface area contributed by atoms with Crippen molar-refractivity contribution < 1.29 is 0 Å². The van der Waals surface area contributed by atoms with Gasteiger partial charge in [-0.25, -0.2) is 9.78 Å². The second kappa shape index (κ2) is 4.68. The Morgan fingerprint density at radius 3 is 2.70 bits per heavy atom. The van der Waals surface area contributed by atoms with Crippen LogP contribution in [-0.2, 0) is 13.6 Å². The van der Waals surface area contributed by atoms with E-state index in [0.29, 0.717) is 16.8 Å². The van der Waals surface area contributed by atoms with Crippen LogP contribution in [0.3, 0.4) is 0 Å². The lowest BCUT2D eigenvalue weighted by atomic mass is 10.2. The van der Waals surface area contributed by atoms with Crippen LogP contribution in [0, 0.1) is 6.92 Å². The molecule has 20 heavy (non-hydrogen) atoms. The molecule has 0 N–H and O–H groups in total. The summed E-state index contributed by atoms with van der Waals surface area (Å²) < 4.78 is 2.82. The maximum atomic E-state index is 12.5. The summed E-state index contributed by atoms with van der Waals surface area (Å²) in [5, 5.41) is 3.42. The normalized spacial score (nSPS) is 11.3. The Morgan fingerprint density at radius 2 is 2.10 bits per heavy atom. The van der Waals surface area contributed by atoms with Gasteiger partial charge < -0.3 is 0 Å². The molecule has 0 aliphatic rings. The van der Waals surface area contributed by atoms with E-state index in [-0.39, 0.29) is 11.2 Å². The fourth-order valence-electron chi connectivity index (χ4n) is 2.29. The summed E-state index contributed by atoms with van der Waals surface area (Å²) in [6, 6.07) is 0. The number of aromatic nitrogens is 3. The average Bonchev–Trinajstić information content (AvgIpc) is 3.04. The lowest BCUT2D eigenvalue weighted by molar-refractivity contribution is 0.642. The first-order chi connectivity index (χ1) is 9.56. The molecular formula is C13H13N3O2S2. The standard InChI is InChI=1S/C13H13N3O2S2/c1-4-16-11(17)8-7(2)9(10-14-5-6-19-10)20-12(8)15(3)13(16)18/h5-6H,4H2,1-3H3. The third kappa shape index (κ3) is 1.70. The molecule has 0 aromatic carbocycles. The van der Waals surface area contributed by atoms with Crippen LogP contribution >= 0.6 is 22.7 Å². The van der Waals surface area contributed by atoms with Crippen LogP contribution in [0.15, 0.2) is 21.2 Å². The minimum atomic E-state index is -0.267. The molecule has 3 aromatic heterocycles. The quantitative estimate of drug-likeness (QED) is 0.729. The largest absolute Gasteiger partial charge is 0.331 e. The third-order valence-corrected chi connectivity index (χ3v) is 5.65.